The smallest absolute Gasteiger partial charge is 0.296 e. The molecule has 0 saturated heterocycles. The lowest BCUT2D eigenvalue weighted by molar-refractivity contribution is 0.101. The second kappa shape index (κ2) is 6.33. The van der Waals surface area contributed by atoms with Gasteiger partial charge >= 0.3 is 0 Å². The molecule has 4 rings (SSSR count). The molecule has 0 saturated carbocycles. The van der Waals surface area contributed by atoms with Gasteiger partial charge in [-0.3, -0.25) is 9.48 Å². The van der Waals surface area contributed by atoms with Crippen molar-refractivity contribution in [3.05, 3.63) is 71.4 Å². The molecule has 0 spiro atoms. The molecule has 8 nitrogen and oxygen atoms in total. The van der Waals surface area contributed by atoms with Crippen LogP contribution in [-0.2, 0) is 6.54 Å². The van der Waals surface area contributed by atoms with Gasteiger partial charge < -0.3 is 5.32 Å². The van der Waals surface area contributed by atoms with Crippen molar-refractivity contribution in [3.8, 4) is 0 Å². The van der Waals surface area contributed by atoms with E-state index in [2.05, 4.69) is 25.5 Å². The largest absolute Gasteiger partial charge is 0.302 e. The van der Waals surface area contributed by atoms with Crippen LogP contribution in [0.2, 0.25) is 5.02 Å². The molecule has 0 bridgehead atoms. The SMILES string of the molecule is O=C(Nc1ccn(Cc2ccccc2Cl)n1)c1nc2ncccn2n1. The highest BCUT2D eigenvalue weighted by Crippen LogP contribution is 2.16. The van der Waals surface area contributed by atoms with Gasteiger partial charge in [0.1, 0.15) is 0 Å². The molecule has 0 fully saturated rings. The van der Waals surface area contributed by atoms with Crippen molar-refractivity contribution in [2.24, 2.45) is 0 Å². The summed E-state index contributed by atoms with van der Waals surface area (Å²) in [5, 5.41) is 11.7. The van der Waals surface area contributed by atoms with Crippen LogP contribution >= 0.6 is 11.6 Å². The number of carbonyl (C=O) groups is 1. The maximum atomic E-state index is 12.3. The van der Waals surface area contributed by atoms with E-state index < -0.39 is 5.91 Å². The van der Waals surface area contributed by atoms with E-state index in [9.17, 15) is 4.79 Å². The van der Waals surface area contributed by atoms with Gasteiger partial charge in [0.15, 0.2) is 5.82 Å². The Morgan fingerprint density at radius 2 is 2.00 bits per heavy atom. The zero-order valence-electron chi connectivity index (χ0n) is 12.9. The van der Waals surface area contributed by atoms with Crippen LogP contribution < -0.4 is 5.32 Å². The molecule has 0 unspecified atom stereocenters. The Hall–Kier alpha value is -3.26. The summed E-state index contributed by atoms with van der Waals surface area (Å²) >= 11 is 6.15. The van der Waals surface area contributed by atoms with Crippen LogP contribution in [0.5, 0.6) is 0 Å². The summed E-state index contributed by atoms with van der Waals surface area (Å²) in [6.07, 6.45) is 5.02. The number of nitrogens with zero attached hydrogens (tertiary/aromatic N) is 6. The minimum Gasteiger partial charge on any atom is -0.302 e. The number of fused-ring (bicyclic) bond motifs is 1. The third-order valence-electron chi connectivity index (χ3n) is 3.49. The Morgan fingerprint density at radius 3 is 2.84 bits per heavy atom. The van der Waals surface area contributed by atoms with Crippen molar-refractivity contribution in [2.45, 2.75) is 6.54 Å². The zero-order valence-corrected chi connectivity index (χ0v) is 13.6. The maximum absolute atomic E-state index is 12.3. The quantitative estimate of drug-likeness (QED) is 0.608. The third kappa shape index (κ3) is 3.20. The first-order valence-electron chi connectivity index (χ1n) is 7.45. The number of anilines is 1. The number of amides is 1. The van der Waals surface area contributed by atoms with E-state index in [0.29, 0.717) is 23.2 Å². The molecule has 0 aliphatic rings. The minimum atomic E-state index is -0.450. The standard InChI is InChI=1S/C16H12ClN7O/c17-12-5-2-1-4-11(12)10-23-9-6-13(21-23)19-15(25)14-20-16-18-7-3-8-24(16)22-14/h1-9H,10H2,(H,19,21,25). The van der Waals surface area contributed by atoms with Crippen molar-refractivity contribution >= 4 is 29.1 Å². The fourth-order valence-corrected chi connectivity index (χ4v) is 2.51. The first-order chi connectivity index (χ1) is 12.2. The van der Waals surface area contributed by atoms with Crippen molar-refractivity contribution < 1.29 is 4.79 Å². The third-order valence-corrected chi connectivity index (χ3v) is 3.86. The lowest BCUT2D eigenvalue weighted by atomic mass is 10.2. The number of nitrogens with one attached hydrogen (secondary N) is 1. The number of halogens is 1. The molecule has 0 aliphatic heterocycles. The van der Waals surface area contributed by atoms with Gasteiger partial charge in [0, 0.05) is 29.7 Å². The van der Waals surface area contributed by atoms with Gasteiger partial charge in [0.25, 0.3) is 11.7 Å². The van der Waals surface area contributed by atoms with Gasteiger partial charge in [-0.2, -0.15) is 10.1 Å². The second-order valence-electron chi connectivity index (χ2n) is 5.24. The van der Waals surface area contributed by atoms with Gasteiger partial charge in [-0.05, 0) is 17.7 Å². The van der Waals surface area contributed by atoms with Gasteiger partial charge in [-0.25, -0.2) is 9.50 Å². The van der Waals surface area contributed by atoms with E-state index in [4.69, 9.17) is 11.6 Å². The van der Waals surface area contributed by atoms with E-state index in [-0.39, 0.29) is 5.82 Å². The van der Waals surface area contributed by atoms with E-state index >= 15 is 0 Å². The molecule has 4 aromatic rings. The van der Waals surface area contributed by atoms with Crippen LogP contribution in [0.3, 0.4) is 0 Å². The van der Waals surface area contributed by atoms with Gasteiger partial charge in [0.2, 0.25) is 5.82 Å². The summed E-state index contributed by atoms with van der Waals surface area (Å²) in [7, 11) is 0. The first kappa shape index (κ1) is 15.3. The maximum Gasteiger partial charge on any atom is 0.296 e. The molecule has 124 valence electrons. The second-order valence-corrected chi connectivity index (χ2v) is 5.65. The highest BCUT2D eigenvalue weighted by molar-refractivity contribution is 6.31. The van der Waals surface area contributed by atoms with Crippen molar-refractivity contribution in [2.75, 3.05) is 5.32 Å². The normalized spacial score (nSPS) is 10.9. The predicted octanol–water partition coefficient (Wildman–Crippen LogP) is 2.27. The van der Waals surface area contributed by atoms with Gasteiger partial charge in [-0.15, -0.1) is 5.10 Å². The van der Waals surface area contributed by atoms with Gasteiger partial charge in [0.05, 0.1) is 6.54 Å². The summed E-state index contributed by atoms with van der Waals surface area (Å²) < 4.78 is 3.13. The summed E-state index contributed by atoms with van der Waals surface area (Å²) in [4.78, 5) is 20.4. The number of aromatic nitrogens is 6. The summed E-state index contributed by atoms with van der Waals surface area (Å²) in [5.74, 6) is 0.341. The van der Waals surface area contributed by atoms with Crippen LogP contribution in [0.25, 0.3) is 5.78 Å². The molecule has 9 heteroatoms. The average molecular weight is 354 g/mol. The average Bonchev–Trinajstić information content (AvgIpc) is 3.23. The number of hydrogen-bond donors (Lipinski definition) is 1. The number of benzene rings is 1. The van der Waals surface area contributed by atoms with Crippen LogP contribution in [0.1, 0.15) is 16.2 Å². The molecule has 3 aromatic heterocycles. The molecule has 0 atom stereocenters. The molecule has 25 heavy (non-hydrogen) atoms. The summed E-state index contributed by atoms with van der Waals surface area (Å²) in [6, 6.07) is 10.9. The Kier molecular flexibility index (Phi) is 3.87. The summed E-state index contributed by atoms with van der Waals surface area (Å²) in [5.41, 5.74) is 0.943. The van der Waals surface area contributed by atoms with Crippen LogP contribution in [0.4, 0.5) is 5.82 Å². The molecular weight excluding hydrogens is 342 g/mol. The van der Waals surface area contributed by atoms with Crippen LogP contribution in [-0.4, -0.2) is 35.3 Å². The Bertz CT molecular complexity index is 1020. The van der Waals surface area contributed by atoms with Crippen molar-refractivity contribution in [1.29, 1.82) is 0 Å². The van der Waals surface area contributed by atoms with Crippen molar-refractivity contribution in [1.82, 2.24) is 29.4 Å². The molecule has 1 amide bonds. The molecular formula is C16H12ClN7O. The van der Waals surface area contributed by atoms with E-state index in [1.54, 1.807) is 35.4 Å². The zero-order chi connectivity index (χ0) is 17.2. The number of hydrogen-bond acceptors (Lipinski definition) is 5. The van der Waals surface area contributed by atoms with E-state index in [1.807, 2.05) is 24.3 Å². The molecule has 0 radical (unpaired) electrons. The Labute approximate surface area is 147 Å². The van der Waals surface area contributed by atoms with Crippen LogP contribution in [0, 0.1) is 0 Å². The minimum absolute atomic E-state index is 0.0272. The monoisotopic (exact) mass is 353 g/mol. The fraction of sp³-hybridized carbons (Fsp3) is 0.0625. The van der Waals surface area contributed by atoms with Gasteiger partial charge in [-0.1, -0.05) is 29.8 Å². The number of carbonyl (C=O) groups excluding carboxylic acids is 1. The molecule has 0 aliphatic carbocycles. The first-order valence-corrected chi connectivity index (χ1v) is 7.82. The summed E-state index contributed by atoms with van der Waals surface area (Å²) in [6.45, 7) is 0.506. The van der Waals surface area contributed by atoms with E-state index in [0.717, 1.165) is 5.56 Å². The fourth-order valence-electron chi connectivity index (χ4n) is 2.32. The topological polar surface area (TPSA) is 90.0 Å². The predicted molar refractivity (Wildman–Crippen MR) is 91.5 cm³/mol. The molecule has 1 aromatic carbocycles. The lowest BCUT2D eigenvalue weighted by Gasteiger charge is -2.04. The van der Waals surface area contributed by atoms with Crippen LogP contribution in [0.15, 0.2) is 55.0 Å². The highest BCUT2D eigenvalue weighted by Gasteiger charge is 2.14. The Morgan fingerprint density at radius 1 is 1.12 bits per heavy atom. The molecule has 3 heterocycles. The number of rotatable bonds is 4. The Balaban J connectivity index is 1.49. The van der Waals surface area contributed by atoms with E-state index in [1.165, 1.54) is 4.52 Å². The van der Waals surface area contributed by atoms with Crippen molar-refractivity contribution in [3.63, 3.8) is 0 Å². The highest BCUT2D eigenvalue weighted by atomic mass is 35.5. The molecule has 1 N–H and O–H groups in total. The lowest BCUT2D eigenvalue weighted by Crippen LogP contribution is -2.14.